The third kappa shape index (κ3) is 2.59. The highest BCUT2D eigenvalue weighted by Crippen LogP contribution is 2.25. The summed E-state index contributed by atoms with van der Waals surface area (Å²) in [5.74, 6) is -0.135. The minimum Gasteiger partial charge on any atom is -0.310 e. The largest absolute Gasteiger partial charge is 0.310 e. The molecule has 0 aliphatic heterocycles. The molecule has 0 saturated heterocycles. The first-order valence-corrected chi connectivity index (χ1v) is 8.46. The van der Waals surface area contributed by atoms with Crippen molar-refractivity contribution in [2.45, 2.75) is 0 Å². The number of H-pyrrole nitrogens is 1. The van der Waals surface area contributed by atoms with Gasteiger partial charge in [0.15, 0.2) is 5.69 Å². The summed E-state index contributed by atoms with van der Waals surface area (Å²) in [5, 5.41) is 11.4. The number of hydrogen-bond acceptors (Lipinski definition) is 3. The molecule has 118 valence electrons. The van der Waals surface area contributed by atoms with Crippen LogP contribution in [0.1, 0.15) is 10.5 Å². The van der Waals surface area contributed by atoms with E-state index in [9.17, 15) is 4.79 Å². The fourth-order valence-corrected chi connectivity index (χ4v) is 3.36. The Morgan fingerprint density at radius 2 is 1.88 bits per heavy atom. The number of benzene rings is 2. The Morgan fingerprint density at radius 3 is 2.67 bits per heavy atom. The molecule has 1 amide bonds. The summed E-state index contributed by atoms with van der Waals surface area (Å²) in [6, 6.07) is 19.9. The number of nitrogens with zero attached hydrogens (tertiary/aromatic N) is 2. The summed E-state index contributed by atoms with van der Waals surface area (Å²) in [5.41, 5.74) is 2.12. The number of aromatic amines is 1. The first-order chi connectivity index (χ1) is 11.7. The molecule has 1 N–H and O–H groups in total. The van der Waals surface area contributed by atoms with Gasteiger partial charge in [0, 0.05) is 12.7 Å². The van der Waals surface area contributed by atoms with Gasteiger partial charge in [-0.2, -0.15) is 5.10 Å². The Hall–Kier alpha value is -2.92. The van der Waals surface area contributed by atoms with Gasteiger partial charge in [0.05, 0.1) is 10.6 Å². The van der Waals surface area contributed by atoms with Gasteiger partial charge in [0.2, 0.25) is 0 Å². The van der Waals surface area contributed by atoms with Crippen molar-refractivity contribution >= 4 is 33.7 Å². The Bertz CT molecular complexity index is 1000. The van der Waals surface area contributed by atoms with Crippen LogP contribution in [0.5, 0.6) is 0 Å². The van der Waals surface area contributed by atoms with Crippen LogP contribution >= 0.6 is 11.3 Å². The molecule has 0 aliphatic carbocycles. The lowest BCUT2D eigenvalue weighted by Crippen LogP contribution is -2.26. The van der Waals surface area contributed by atoms with Gasteiger partial charge in [0.1, 0.15) is 0 Å². The van der Waals surface area contributed by atoms with Crippen molar-refractivity contribution in [1.29, 1.82) is 0 Å². The van der Waals surface area contributed by atoms with E-state index in [1.807, 2.05) is 53.9 Å². The highest BCUT2D eigenvalue weighted by atomic mass is 32.1. The summed E-state index contributed by atoms with van der Waals surface area (Å²) in [7, 11) is 1.77. The molecule has 2 aromatic heterocycles. The van der Waals surface area contributed by atoms with Crippen LogP contribution in [-0.2, 0) is 0 Å². The first kappa shape index (κ1) is 14.7. The standard InChI is InChI=1S/C19H15N3OS/c1-22(15-9-8-13-5-2-3-6-14(13)11-15)19(23)17-12-16(20-21-17)18-7-4-10-24-18/h2-12H,1H3,(H,20,21). The van der Waals surface area contributed by atoms with Crippen molar-refractivity contribution in [2.75, 3.05) is 11.9 Å². The average molecular weight is 333 g/mol. The van der Waals surface area contributed by atoms with Crippen molar-refractivity contribution in [3.8, 4) is 10.6 Å². The first-order valence-electron chi connectivity index (χ1n) is 7.58. The van der Waals surface area contributed by atoms with Crippen LogP contribution in [0.2, 0.25) is 0 Å². The van der Waals surface area contributed by atoms with E-state index in [1.165, 1.54) is 0 Å². The number of thiophene rings is 1. The van der Waals surface area contributed by atoms with Crippen LogP contribution in [0.3, 0.4) is 0 Å². The third-order valence-electron chi connectivity index (χ3n) is 4.01. The van der Waals surface area contributed by atoms with Crippen molar-refractivity contribution in [3.63, 3.8) is 0 Å². The fourth-order valence-electron chi connectivity index (χ4n) is 2.66. The molecule has 2 aromatic carbocycles. The van der Waals surface area contributed by atoms with Crippen LogP contribution in [0, 0.1) is 0 Å². The predicted octanol–water partition coefficient (Wildman–Crippen LogP) is 4.57. The molecule has 0 spiro atoms. The fraction of sp³-hybridized carbons (Fsp3) is 0.0526. The minimum absolute atomic E-state index is 0.135. The van der Waals surface area contributed by atoms with Crippen LogP contribution < -0.4 is 4.90 Å². The molecule has 0 bridgehead atoms. The zero-order valence-electron chi connectivity index (χ0n) is 13.1. The molecule has 0 atom stereocenters. The van der Waals surface area contributed by atoms with Gasteiger partial charge in [0.25, 0.3) is 5.91 Å². The number of fused-ring (bicyclic) bond motifs is 1. The zero-order chi connectivity index (χ0) is 16.5. The lowest BCUT2D eigenvalue weighted by Gasteiger charge is -2.16. The highest BCUT2D eigenvalue weighted by Gasteiger charge is 2.17. The molecular formula is C19H15N3OS. The number of hydrogen-bond donors (Lipinski definition) is 1. The van der Waals surface area contributed by atoms with Gasteiger partial charge in [-0.05, 0) is 40.4 Å². The molecule has 0 saturated carbocycles. The quantitative estimate of drug-likeness (QED) is 0.597. The Kier molecular flexibility index (Phi) is 3.63. The maximum absolute atomic E-state index is 12.7. The Morgan fingerprint density at radius 1 is 1.04 bits per heavy atom. The second-order valence-electron chi connectivity index (χ2n) is 5.54. The van der Waals surface area contributed by atoms with E-state index in [4.69, 9.17) is 0 Å². The molecule has 0 unspecified atom stereocenters. The monoisotopic (exact) mass is 333 g/mol. The molecule has 0 aliphatic rings. The Labute approximate surface area is 143 Å². The van der Waals surface area contributed by atoms with Crippen molar-refractivity contribution in [2.24, 2.45) is 0 Å². The van der Waals surface area contributed by atoms with Gasteiger partial charge in [-0.3, -0.25) is 9.89 Å². The number of rotatable bonds is 3. The van der Waals surface area contributed by atoms with Gasteiger partial charge < -0.3 is 4.90 Å². The molecule has 5 heteroatoms. The lowest BCUT2D eigenvalue weighted by molar-refractivity contribution is 0.0988. The maximum atomic E-state index is 12.7. The van der Waals surface area contributed by atoms with Gasteiger partial charge in [-0.25, -0.2) is 0 Å². The highest BCUT2D eigenvalue weighted by molar-refractivity contribution is 7.13. The molecule has 0 fully saturated rings. The van der Waals surface area contributed by atoms with E-state index in [0.29, 0.717) is 5.69 Å². The zero-order valence-corrected chi connectivity index (χ0v) is 13.9. The van der Waals surface area contributed by atoms with Crippen LogP contribution in [0.4, 0.5) is 5.69 Å². The second-order valence-corrected chi connectivity index (χ2v) is 6.49. The van der Waals surface area contributed by atoms with Crippen molar-refractivity contribution in [1.82, 2.24) is 10.2 Å². The number of anilines is 1. The third-order valence-corrected chi connectivity index (χ3v) is 4.91. The minimum atomic E-state index is -0.135. The van der Waals surface area contributed by atoms with Crippen LogP contribution in [0.25, 0.3) is 21.3 Å². The van der Waals surface area contributed by atoms with E-state index >= 15 is 0 Å². The van der Waals surface area contributed by atoms with Gasteiger partial charge >= 0.3 is 0 Å². The number of carbonyl (C=O) groups excluding carboxylic acids is 1. The molecule has 4 nitrogen and oxygen atoms in total. The summed E-state index contributed by atoms with van der Waals surface area (Å²) in [6.07, 6.45) is 0. The smallest absolute Gasteiger partial charge is 0.278 e. The second kappa shape index (κ2) is 5.94. The molecule has 24 heavy (non-hydrogen) atoms. The number of carbonyl (C=O) groups is 1. The van der Waals surface area contributed by atoms with E-state index < -0.39 is 0 Å². The van der Waals surface area contributed by atoms with Crippen LogP contribution in [-0.4, -0.2) is 23.2 Å². The summed E-state index contributed by atoms with van der Waals surface area (Å²) in [6.45, 7) is 0. The van der Waals surface area contributed by atoms with Gasteiger partial charge in [-0.15, -0.1) is 11.3 Å². The van der Waals surface area contributed by atoms with E-state index in [1.54, 1.807) is 29.4 Å². The van der Waals surface area contributed by atoms with Gasteiger partial charge in [-0.1, -0.05) is 36.4 Å². The number of nitrogens with one attached hydrogen (secondary N) is 1. The van der Waals surface area contributed by atoms with E-state index in [0.717, 1.165) is 27.0 Å². The molecular weight excluding hydrogens is 318 g/mol. The molecule has 2 heterocycles. The topological polar surface area (TPSA) is 49.0 Å². The number of aromatic nitrogens is 2. The average Bonchev–Trinajstić information content (AvgIpc) is 3.31. The van der Waals surface area contributed by atoms with E-state index in [-0.39, 0.29) is 5.91 Å². The predicted molar refractivity (Wildman–Crippen MR) is 98.6 cm³/mol. The van der Waals surface area contributed by atoms with E-state index in [2.05, 4.69) is 16.3 Å². The molecule has 4 aromatic rings. The SMILES string of the molecule is CN(C(=O)c1cc(-c2cccs2)[nH]n1)c1ccc2ccccc2c1. The number of amides is 1. The lowest BCUT2D eigenvalue weighted by atomic mass is 10.1. The summed E-state index contributed by atoms with van der Waals surface area (Å²) >= 11 is 1.61. The molecule has 4 rings (SSSR count). The maximum Gasteiger partial charge on any atom is 0.278 e. The summed E-state index contributed by atoms with van der Waals surface area (Å²) in [4.78, 5) is 15.4. The molecule has 0 radical (unpaired) electrons. The van der Waals surface area contributed by atoms with Crippen LogP contribution in [0.15, 0.2) is 66.0 Å². The Balaban J connectivity index is 1.63. The van der Waals surface area contributed by atoms with Crippen molar-refractivity contribution in [3.05, 3.63) is 71.7 Å². The summed E-state index contributed by atoms with van der Waals surface area (Å²) < 4.78 is 0. The normalized spacial score (nSPS) is 10.9. The van der Waals surface area contributed by atoms with Crippen molar-refractivity contribution < 1.29 is 4.79 Å².